The van der Waals surface area contributed by atoms with Gasteiger partial charge in [0.25, 0.3) is 0 Å². The van der Waals surface area contributed by atoms with Crippen LogP contribution in [0, 0.1) is 0 Å². The van der Waals surface area contributed by atoms with Gasteiger partial charge in [-0.3, -0.25) is 0 Å². The van der Waals surface area contributed by atoms with Crippen LogP contribution in [0.25, 0.3) is 0 Å². The molecule has 2 fully saturated rings. The molecular formula is C22H33NO4. The molecule has 0 bridgehead atoms. The van der Waals surface area contributed by atoms with Gasteiger partial charge in [0.05, 0.1) is 13.2 Å². The van der Waals surface area contributed by atoms with Gasteiger partial charge in [-0.05, 0) is 46.1 Å². The first-order valence-electron chi connectivity index (χ1n) is 10.1. The fourth-order valence-electron chi connectivity index (χ4n) is 4.22. The van der Waals surface area contributed by atoms with Crippen LogP contribution < -0.4 is 0 Å². The maximum Gasteiger partial charge on any atom is 0.410 e. The van der Waals surface area contributed by atoms with E-state index in [1.165, 1.54) is 5.56 Å². The standard InChI is InChI=1S/C22H33NO4/c1-5-23(19(24)27-20(2,3)4)17-21(18-9-7-6-8-10-18)11-13-22(14-12-21)25-15-16-26-22/h6-10H,5,11-17H2,1-4H3. The molecule has 5 heteroatoms. The summed E-state index contributed by atoms with van der Waals surface area (Å²) in [6.45, 7) is 10.4. The summed E-state index contributed by atoms with van der Waals surface area (Å²) in [7, 11) is 0. The zero-order valence-electron chi connectivity index (χ0n) is 17.1. The van der Waals surface area contributed by atoms with E-state index in [2.05, 4.69) is 24.3 Å². The number of amides is 1. The zero-order valence-corrected chi connectivity index (χ0v) is 17.1. The molecular weight excluding hydrogens is 342 g/mol. The molecule has 1 saturated heterocycles. The average Bonchev–Trinajstić information content (AvgIpc) is 3.09. The maximum absolute atomic E-state index is 12.7. The van der Waals surface area contributed by atoms with E-state index in [4.69, 9.17) is 14.2 Å². The van der Waals surface area contributed by atoms with Gasteiger partial charge < -0.3 is 19.1 Å². The highest BCUT2D eigenvalue weighted by Crippen LogP contribution is 2.46. The number of benzene rings is 1. The number of nitrogens with zero attached hydrogens (tertiary/aromatic N) is 1. The molecule has 1 heterocycles. The van der Waals surface area contributed by atoms with E-state index in [0.29, 0.717) is 26.3 Å². The lowest BCUT2D eigenvalue weighted by molar-refractivity contribution is -0.186. The summed E-state index contributed by atoms with van der Waals surface area (Å²) in [4.78, 5) is 14.6. The Labute approximate surface area is 163 Å². The van der Waals surface area contributed by atoms with Crippen molar-refractivity contribution in [2.24, 2.45) is 0 Å². The van der Waals surface area contributed by atoms with Gasteiger partial charge in [-0.2, -0.15) is 0 Å². The lowest BCUT2D eigenvalue weighted by atomic mass is 9.67. The molecule has 0 unspecified atom stereocenters. The van der Waals surface area contributed by atoms with Crippen LogP contribution in [-0.4, -0.2) is 48.7 Å². The smallest absolute Gasteiger partial charge is 0.410 e. The highest BCUT2D eigenvalue weighted by atomic mass is 16.7. The van der Waals surface area contributed by atoms with Crippen LogP contribution in [-0.2, 0) is 19.6 Å². The van der Waals surface area contributed by atoms with Crippen LogP contribution in [0.4, 0.5) is 4.79 Å². The second kappa shape index (κ2) is 7.80. The summed E-state index contributed by atoms with van der Waals surface area (Å²) in [5.41, 5.74) is 0.682. The monoisotopic (exact) mass is 375 g/mol. The molecule has 1 aromatic carbocycles. The first-order valence-corrected chi connectivity index (χ1v) is 10.1. The Morgan fingerprint density at radius 2 is 1.67 bits per heavy atom. The van der Waals surface area contributed by atoms with Crippen molar-refractivity contribution in [3.63, 3.8) is 0 Å². The maximum atomic E-state index is 12.7. The summed E-state index contributed by atoms with van der Waals surface area (Å²) in [6.07, 6.45) is 3.32. The fourth-order valence-corrected chi connectivity index (χ4v) is 4.22. The molecule has 0 N–H and O–H groups in total. The second-order valence-electron chi connectivity index (χ2n) is 8.75. The van der Waals surface area contributed by atoms with E-state index in [1.807, 2.05) is 38.7 Å². The van der Waals surface area contributed by atoms with E-state index >= 15 is 0 Å². The fraction of sp³-hybridized carbons (Fsp3) is 0.682. The van der Waals surface area contributed by atoms with Gasteiger partial charge in [-0.25, -0.2) is 4.79 Å². The number of hydrogen-bond acceptors (Lipinski definition) is 4. The molecule has 150 valence electrons. The Bertz CT molecular complexity index is 621. The molecule has 0 aromatic heterocycles. The van der Waals surface area contributed by atoms with Crippen LogP contribution in [0.1, 0.15) is 58.9 Å². The number of likely N-dealkylation sites (N-methyl/N-ethyl adjacent to an activating group) is 1. The minimum Gasteiger partial charge on any atom is -0.444 e. The number of ether oxygens (including phenoxy) is 3. The Hall–Kier alpha value is -1.59. The Kier molecular flexibility index (Phi) is 5.82. The zero-order chi connectivity index (χ0) is 19.5. The first kappa shape index (κ1) is 20.2. The summed E-state index contributed by atoms with van der Waals surface area (Å²) in [5, 5.41) is 0. The quantitative estimate of drug-likeness (QED) is 0.777. The molecule has 5 nitrogen and oxygen atoms in total. The van der Waals surface area contributed by atoms with E-state index in [-0.39, 0.29) is 11.5 Å². The Morgan fingerprint density at radius 1 is 1.07 bits per heavy atom. The minimum atomic E-state index is -0.493. The van der Waals surface area contributed by atoms with Gasteiger partial charge in [-0.1, -0.05) is 30.3 Å². The number of carbonyl (C=O) groups excluding carboxylic acids is 1. The van der Waals surface area contributed by atoms with Crippen molar-refractivity contribution in [1.29, 1.82) is 0 Å². The van der Waals surface area contributed by atoms with Gasteiger partial charge in [0.1, 0.15) is 5.60 Å². The lowest BCUT2D eigenvalue weighted by Gasteiger charge is -2.46. The SMILES string of the molecule is CCN(CC1(c2ccccc2)CCC2(CC1)OCCO2)C(=O)OC(C)(C)C. The van der Waals surface area contributed by atoms with Gasteiger partial charge in [0.15, 0.2) is 5.79 Å². The van der Waals surface area contributed by atoms with E-state index in [1.54, 1.807) is 0 Å². The van der Waals surface area contributed by atoms with Crippen molar-refractivity contribution < 1.29 is 19.0 Å². The first-order chi connectivity index (χ1) is 12.8. The third kappa shape index (κ3) is 4.64. The number of carbonyl (C=O) groups is 1. The van der Waals surface area contributed by atoms with Crippen LogP contribution in [0.5, 0.6) is 0 Å². The van der Waals surface area contributed by atoms with E-state index in [0.717, 1.165) is 25.7 Å². The largest absolute Gasteiger partial charge is 0.444 e. The molecule has 1 spiro atoms. The summed E-state index contributed by atoms with van der Waals surface area (Å²) in [5.74, 6) is -0.415. The molecule has 0 atom stereocenters. The summed E-state index contributed by atoms with van der Waals surface area (Å²) < 4.78 is 17.5. The van der Waals surface area contributed by atoms with Crippen molar-refractivity contribution in [1.82, 2.24) is 4.90 Å². The van der Waals surface area contributed by atoms with Gasteiger partial charge in [-0.15, -0.1) is 0 Å². The lowest BCUT2D eigenvalue weighted by Crippen LogP contribution is -2.50. The molecule has 1 aliphatic heterocycles. The number of rotatable bonds is 4. The highest BCUT2D eigenvalue weighted by molar-refractivity contribution is 5.68. The average molecular weight is 376 g/mol. The normalized spacial score (nSPS) is 21.2. The topological polar surface area (TPSA) is 48.0 Å². The Balaban J connectivity index is 1.81. The molecule has 1 aliphatic carbocycles. The molecule has 1 saturated carbocycles. The van der Waals surface area contributed by atoms with Crippen molar-refractivity contribution in [3.8, 4) is 0 Å². The number of hydrogen-bond donors (Lipinski definition) is 0. The van der Waals surface area contributed by atoms with Crippen LogP contribution in [0.2, 0.25) is 0 Å². The minimum absolute atomic E-state index is 0.102. The van der Waals surface area contributed by atoms with Crippen LogP contribution in [0.3, 0.4) is 0 Å². The van der Waals surface area contributed by atoms with Gasteiger partial charge in [0.2, 0.25) is 0 Å². The van der Waals surface area contributed by atoms with Crippen molar-refractivity contribution in [3.05, 3.63) is 35.9 Å². The Morgan fingerprint density at radius 3 is 2.19 bits per heavy atom. The highest BCUT2D eigenvalue weighted by Gasteiger charge is 2.48. The van der Waals surface area contributed by atoms with Crippen molar-refractivity contribution >= 4 is 6.09 Å². The summed E-state index contributed by atoms with van der Waals surface area (Å²) >= 11 is 0. The molecule has 1 aromatic rings. The van der Waals surface area contributed by atoms with Gasteiger partial charge >= 0.3 is 6.09 Å². The second-order valence-corrected chi connectivity index (χ2v) is 8.75. The third-order valence-corrected chi connectivity index (χ3v) is 5.70. The summed E-state index contributed by atoms with van der Waals surface area (Å²) in [6, 6.07) is 10.5. The van der Waals surface area contributed by atoms with Crippen molar-refractivity contribution in [2.45, 2.75) is 70.2 Å². The predicted molar refractivity (Wildman–Crippen MR) is 105 cm³/mol. The molecule has 27 heavy (non-hydrogen) atoms. The molecule has 1 amide bonds. The van der Waals surface area contributed by atoms with Crippen molar-refractivity contribution in [2.75, 3.05) is 26.3 Å². The molecule has 3 rings (SSSR count). The molecule has 2 aliphatic rings. The van der Waals surface area contributed by atoms with Gasteiger partial charge in [0, 0.05) is 31.3 Å². The predicted octanol–water partition coefficient (Wildman–Crippen LogP) is 4.50. The van der Waals surface area contributed by atoms with Crippen LogP contribution >= 0.6 is 0 Å². The third-order valence-electron chi connectivity index (χ3n) is 5.70. The van der Waals surface area contributed by atoms with Crippen LogP contribution in [0.15, 0.2) is 30.3 Å². The molecule has 0 radical (unpaired) electrons. The van der Waals surface area contributed by atoms with E-state index in [9.17, 15) is 4.79 Å². The van der Waals surface area contributed by atoms with E-state index < -0.39 is 11.4 Å².